The summed E-state index contributed by atoms with van der Waals surface area (Å²) < 4.78 is 5.15. The minimum Gasteiger partial charge on any atom is -0.378 e. The van der Waals surface area contributed by atoms with Gasteiger partial charge in [0.25, 0.3) is 5.91 Å². The third-order valence-electron chi connectivity index (χ3n) is 2.06. The number of hydrogen-bond donors (Lipinski definition) is 0. The third kappa shape index (κ3) is 1.88. The van der Waals surface area contributed by atoms with Gasteiger partial charge in [0.2, 0.25) is 5.82 Å². The van der Waals surface area contributed by atoms with Gasteiger partial charge in [-0.3, -0.25) is 4.79 Å². The molecule has 0 radical (unpaired) electrons. The van der Waals surface area contributed by atoms with E-state index in [9.17, 15) is 4.79 Å². The summed E-state index contributed by atoms with van der Waals surface area (Å²) in [6, 6.07) is 1.69. The van der Waals surface area contributed by atoms with E-state index in [4.69, 9.17) is 4.74 Å². The summed E-state index contributed by atoms with van der Waals surface area (Å²) in [4.78, 5) is 21.3. The minimum atomic E-state index is -0.117. The Kier molecular flexibility index (Phi) is 2.69. The van der Waals surface area contributed by atoms with Crippen LogP contribution in [-0.4, -0.2) is 47.1 Å². The lowest BCUT2D eigenvalue weighted by Gasteiger charge is -2.25. The van der Waals surface area contributed by atoms with Crippen LogP contribution in [0.1, 0.15) is 10.6 Å². The van der Waals surface area contributed by atoms with Crippen molar-refractivity contribution < 1.29 is 9.53 Å². The van der Waals surface area contributed by atoms with Crippen molar-refractivity contribution in [3.63, 3.8) is 0 Å². The molecule has 1 aromatic heterocycles. The van der Waals surface area contributed by atoms with Crippen LogP contribution in [-0.2, 0) is 4.74 Å². The van der Waals surface area contributed by atoms with Gasteiger partial charge < -0.3 is 9.64 Å². The van der Waals surface area contributed by atoms with Crippen LogP contribution in [0.4, 0.5) is 0 Å². The molecule has 0 N–H and O–H groups in total. The van der Waals surface area contributed by atoms with E-state index in [-0.39, 0.29) is 11.7 Å². The highest BCUT2D eigenvalue weighted by atomic mass is 16.5. The number of ether oxygens (including phenoxy) is 1. The molecule has 0 aromatic carbocycles. The molecule has 0 bridgehead atoms. The summed E-state index contributed by atoms with van der Waals surface area (Å²) in [5.74, 6) is 0.142. The van der Waals surface area contributed by atoms with Gasteiger partial charge in [-0.25, -0.2) is 9.97 Å². The molecule has 0 spiro atoms. The molecule has 0 unspecified atom stereocenters. The van der Waals surface area contributed by atoms with Gasteiger partial charge in [0.05, 0.1) is 13.2 Å². The Morgan fingerprint density at radius 2 is 1.93 bits per heavy atom. The van der Waals surface area contributed by atoms with Gasteiger partial charge in [0.1, 0.15) is 0 Å². The normalized spacial score (nSPS) is 16.7. The molecule has 1 amide bonds. The maximum Gasteiger partial charge on any atom is 0.291 e. The zero-order valence-electron chi connectivity index (χ0n) is 7.72. The largest absolute Gasteiger partial charge is 0.378 e. The molecular formula is C9H11N3O2. The van der Waals surface area contributed by atoms with Gasteiger partial charge in [-0.15, -0.1) is 0 Å². The van der Waals surface area contributed by atoms with Crippen LogP contribution in [0.15, 0.2) is 18.5 Å². The number of carbonyl (C=O) groups excluding carboxylic acids is 1. The van der Waals surface area contributed by atoms with Crippen LogP contribution in [0.3, 0.4) is 0 Å². The highest BCUT2D eigenvalue weighted by molar-refractivity contribution is 5.90. The Hall–Kier alpha value is -1.49. The van der Waals surface area contributed by atoms with Crippen LogP contribution in [0.5, 0.6) is 0 Å². The molecule has 0 atom stereocenters. The first-order chi connectivity index (χ1) is 6.88. The van der Waals surface area contributed by atoms with Crippen LogP contribution in [0.2, 0.25) is 0 Å². The van der Waals surface area contributed by atoms with Crippen LogP contribution in [0, 0.1) is 0 Å². The zero-order chi connectivity index (χ0) is 9.80. The fraction of sp³-hybridized carbons (Fsp3) is 0.444. The second kappa shape index (κ2) is 4.15. The number of rotatable bonds is 1. The SMILES string of the molecule is O=C(c1ncccn1)N1CCOCC1. The van der Waals surface area contributed by atoms with Gasteiger partial charge in [0, 0.05) is 25.5 Å². The van der Waals surface area contributed by atoms with E-state index in [1.165, 1.54) is 0 Å². The Bertz CT molecular complexity index is 309. The number of morpholine rings is 1. The van der Waals surface area contributed by atoms with Crippen LogP contribution in [0.25, 0.3) is 0 Å². The van der Waals surface area contributed by atoms with E-state index in [0.717, 1.165) is 0 Å². The molecular weight excluding hydrogens is 182 g/mol. The van der Waals surface area contributed by atoms with Crippen molar-refractivity contribution in [2.45, 2.75) is 0 Å². The van der Waals surface area contributed by atoms with E-state index in [2.05, 4.69) is 9.97 Å². The Morgan fingerprint density at radius 1 is 1.29 bits per heavy atom. The summed E-state index contributed by atoms with van der Waals surface area (Å²) in [6.45, 7) is 2.44. The predicted molar refractivity (Wildman–Crippen MR) is 48.8 cm³/mol. The standard InChI is InChI=1S/C9H11N3O2/c13-9(8-10-2-1-3-11-8)12-4-6-14-7-5-12/h1-3H,4-7H2. The third-order valence-corrected chi connectivity index (χ3v) is 2.06. The molecule has 74 valence electrons. The molecule has 1 aliphatic rings. The topological polar surface area (TPSA) is 55.3 Å². The van der Waals surface area contributed by atoms with Crippen LogP contribution < -0.4 is 0 Å². The van der Waals surface area contributed by atoms with Gasteiger partial charge in [-0.05, 0) is 6.07 Å². The van der Waals surface area contributed by atoms with E-state index in [1.54, 1.807) is 23.4 Å². The number of aromatic nitrogens is 2. The summed E-state index contributed by atoms with van der Waals surface area (Å²) in [5, 5.41) is 0. The second-order valence-corrected chi connectivity index (χ2v) is 2.98. The predicted octanol–water partition coefficient (Wildman–Crippen LogP) is -0.0510. The van der Waals surface area contributed by atoms with Crippen molar-refractivity contribution in [2.24, 2.45) is 0 Å². The van der Waals surface area contributed by atoms with Gasteiger partial charge >= 0.3 is 0 Å². The van der Waals surface area contributed by atoms with Crippen molar-refractivity contribution in [1.82, 2.24) is 14.9 Å². The van der Waals surface area contributed by atoms with Gasteiger partial charge in [0.15, 0.2) is 0 Å². The summed E-state index contributed by atoms with van der Waals surface area (Å²) in [7, 11) is 0. The van der Waals surface area contributed by atoms with Crippen molar-refractivity contribution in [1.29, 1.82) is 0 Å². The Balaban J connectivity index is 2.07. The molecule has 0 aliphatic carbocycles. The minimum absolute atomic E-state index is 0.117. The first kappa shape index (κ1) is 9.08. The Morgan fingerprint density at radius 3 is 2.57 bits per heavy atom. The first-order valence-corrected chi connectivity index (χ1v) is 4.52. The lowest BCUT2D eigenvalue weighted by molar-refractivity contribution is 0.0295. The summed E-state index contributed by atoms with van der Waals surface area (Å²) >= 11 is 0. The molecule has 1 aromatic rings. The number of nitrogens with zero attached hydrogens (tertiary/aromatic N) is 3. The second-order valence-electron chi connectivity index (χ2n) is 2.98. The van der Waals surface area contributed by atoms with Crippen molar-refractivity contribution in [3.05, 3.63) is 24.3 Å². The molecule has 2 heterocycles. The van der Waals surface area contributed by atoms with E-state index in [1.807, 2.05) is 0 Å². The fourth-order valence-electron chi connectivity index (χ4n) is 1.32. The zero-order valence-corrected chi connectivity index (χ0v) is 7.72. The average molecular weight is 193 g/mol. The molecule has 0 saturated carbocycles. The molecule has 14 heavy (non-hydrogen) atoms. The number of carbonyl (C=O) groups is 1. The number of hydrogen-bond acceptors (Lipinski definition) is 4. The van der Waals surface area contributed by atoms with Crippen molar-refractivity contribution in [3.8, 4) is 0 Å². The first-order valence-electron chi connectivity index (χ1n) is 4.52. The van der Waals surface area contributed by atoms with E-state index >= 15 is 0 Å². The van der Waals surface area contributed by atoms with E-state index in [0.29, 0.717) is 26.3 Å². The highest BCUT2D eigenvalue weighted by Gasteiger charge is 2.19. The van der Waals surface area contributed by atoms with Crippen molar-refractivity contribution >= 4 is 5.91 Å². The quantitative estimate of drug-likeness (QED) is 0.627. The Labute approximate surface area is 81.7 Å². The number of amides is 1. The molecule has 2 rings (SSSR count). The molecule has 5 nitrogen and oxygen atoms in total. The molecule has 1 saturated heterocycles. The van der Waals surface area contributed by atoms with E-state index < -0.39 is 0 Å². The summed E-state index contributed by atoms with van der Waals surface area (Å²) in [6.07, 6.45) is 3.14. The maximum absolute atomic E-state index is 11.7. The fourth-order valence-corrected chi connectivity index (χ4v) is 1.32. The highest BCUT2D eigenvalue weighted by Crippen LogP contribution is 2.01. The van der Waals surface area contributed by atoms with Gasteiger partial charge in [-0.2, -0.15) is 0 Å². The van der Waals surface area contributed by atoms with Gasteiger partial charge in [-0.1, -0.05) is 0 Å². The van der Waals surface area contributed by atoms with Crippen LogP contribution >= 0.6 is 0 Å². The lowest BCUT2D eigenvalue weighted by atomic mass is 10.4. The molecule has 1 fully saturated rings. The molecule has 5 heteroatoms. The smallest absolute Gasteiger partial charge is 0.291 e. The monoisotopic (exact) mass is 193 g/mol. The average Bonchev–Trinajstić information content (AvgIpc) is 2.30. The van der Waals surface area contributed by atoms with Crippen molar-refractivity contribution in [2.75, 3.05) is 26.3 Å². The molecule has 1 aliphatic heterocycles. The maximum atomic E-state index is 11.7. The summed E-state index contributed by atoms with van der Waals surface area (Å²) in [5.41, 5.74) is 0. The lowest BCUT2D eigenvalue weighted by Crippen LogP contribution is -2.41.